The number of fused-ring (bicyclic) bond motifs is 3. The second kappa shape index (κ2) is 4.79. The summed E-state index contributed by atoms with van der Waals surface area (Å²) in [6.45, 7) is 0. The van der Waals surface area contributed by atoms with Crippen LogP contribution in [-0.2, 0) is 20.8 Å². The fourth-order valence-corrected chi connectivity index (χ4v) is 4.18. The van der Waals surface area contributed by atoms with Gasteiger partial charge in [0.05, 0.1) is 6.33 Å². The molecule has 0 aromatic carbocycles. The molecule has 6 N–H and O–H groups in total. The van der Waals surface area contributed by atoms with Gasteiger partial charge in [-0.3, -0.25) is 14.4 Å². The molecule has 3 atom stereocenters. The number of hydrogen-bond donors (Lipinski definition) is 5. The Morgan fingerprint density at radius 3 is 2.72 bits per heavy atom. The molecule has 130 valence electrons. The van der Waals surface area contributed by atoms with Gasteiger partial charge in [0, 0.05) is 23.6 Å². The number of aliphatic hydroxyl groups excluding tert-OH is 2. The van der Waals surface area contributed by atoms with E-state index < -0.39 is 46.2 Å². The van der Waals surface area contributed by atoms with Crippen molar-refractivity contribution in [1.82, 2.24) is 9.97 Å². The topological polar surface area (TPSA) is 167 Å². The van der Waals surface area contributed by atoms with Gasteiger partial charge in [-0.1, -0.05) is 0 Å². The number of H-pyrrole nitrogens is 1. The number of nitrogens with one attached hydrogen (secondary N) is 1. The third kappa shape index (κ3) is 1.81. The van der Waals surface area contributed by atoms with E-state index in [9.17, 15) is 29.7 Å². The van der Waals surface area contributed by atoms with Crippen LogP contribution in [0, 0.1) is 11.8 Å². The molecule has 3 aliphatic carbocycles. The highest BCUT2D eigenvalue weighted by Gasteiger charge is 2.60. The maximum atomic E-state index is 13.0. The molecule has 0 unspecified atom stereocenters. The highest BCUT2D eigenvalue weighted by molar-refractivity contribution is 6.22. The lowest BCUT2D eigenvalue weighted by Crippen LogP contribution is -2.58. The quantitative estimate of drug-likeness (QED) is 0.425. The number of nitrogens with zero attached hydrogens (tertiary/aromatic N) is 1. The predicted octanol–water partition coefficient (Wildman–Crippen LogP) is -0.559. The maximum Gasteiger partial charge on any atom is 0.255 e. The number of ketones is 2. The van der Waals surface area contributed by atoms with E-state index in [1.54, 1.807) is 0 Å². The molecule has 3 aliphatic rings. The van der Waals surface area contributed by atoms with Crippen molar-refractivity contribution in [2.45, 2.75) is 24.9 Å². The van der Waals surface area contributed by atoms with Crippen LogP contribution in [0.2, 0.25) is 0 Å². The van der Waals surface area contributed by atoms with Crippen LogP contribution in [0.15, 0.2) is 23.2 Å². The number of Topliss-reactive ketones (excluding diaryl/α,β-unsaturated/α-hetero) is 2. The second-order valence-corrected chi connectivity index (χ2v) is 6.64. The Labute approximate surface area is 140 Å². The Morgan fingerprint density at radius 2 is 2.04 bits per heavy atom. The van der Waals surface area contributed by atoms with Gasteiger partial charge in [-0.25, -0.2) is 4.98 Å². The number of imidazole rings is 1. The Morgan fingerprint density at radius 1 is 1.32 bits per heavy atom. The minimum absolute atomic E-state index is 0.0527. The van der Waals surface area contributed by atoms with E-state index in [1.807, 2.05) is 0 Å². The number of aromatic nitrogens is 2. The fraction of sp³-hybridized carbons (Fsp3) is 0.375. The summed E-state index contributed by atoms with van der Waals surface area (Å²) < 4.78 is 0. The van der Waals surface area contributed by atoms with E-state index in [0.717, 1.165) is 0 Å². The molecule has 9 heteroatoms. The van der Waals surface area contributed by atoms with Gasteiger partial charge in [0.1, 0.15) is 22.8 Å². The van der Waals surface area contributed by atoms with E-state index in [1.165, 1.54) is 6.33 Å². The van der Waals surface area contributed by atoms with Gasteiger partial charge in [0.15, 0.2) is 11.4 Å². The molecule has 0 spiro atoms. The van der Waals surface area contributed by atoms with E-state index in [0.29, 0.717) is 12.1 Å². The lowest BCUT2D eigenvalue weighted by molar-refractivity contribution is -0.147. The first kappa shape index (κ1) is 15.6. The molecular formula is C16H15N3O6. The van der Waals surface area contributed by atoms with Crippen LogP contribution < -0.4 is 5.73 Å². The van der Waals surface area contributed by atoms with Crippen LogP contribution in [0.1, 0.15) is 24.2 Å². The largest absolute Gasteiger partial charge is 0.508 e. The summed E-state index contributed by atoms with van der Waals surface area (Å²) >= 11 is 0. The first-order chi connectivity index (χ1) is 11.8. The summed E-state index contributed by atoms with van der Waals surface area (Å²) in [5.74, 6) is -5.57. The van der Waals surface area contributed by atoms with Gasteiger partial charge in [-0.05, 0) is 18.8 Å². The molecule has 1 aromatic rings. The number of carbonyl (C=O) groups excluding carboxylic acids is 3. The molecule has 0 aliphatic heterocycles. The number of hydrogen-bond acceptors (Lipinski definition) is 7. The van der Waals surface area contributed by atoms with Gasteiger partial charge in [0.25, 0.3) is 5.91 Å². The molecular weight excluding hydrogens is 330 g/mol. The Bertz CT molecular complexity index is 911. The molecule has 0 bridgehead atoms. The minimum Gasteiger partial charge on any atom is -0.508 e. The predicted molar refractivity (Wildman–Crippen MR) is 81.9 cm³/mol. The van der Waals surface area contributed by atoms with Crippen molar-refractivity contribution in [2.75, 3.05) is 0 Å². The zero-order valence-corrected chi connectivity index (χ0v) is 12.9. The number of aromatic amines is 1. The lowest BCUT2D eigenvalue weighted by Gasteiger charge is -2.45. The van der Waals surface area contributed by atoms with Crippen molar-refractivity contribution < 1.29 is 29.7 Å². The zero-order chi connectivity index (χ0) is 18.1. The molecule has 1 heterocycles. The van der Waals surface area contributed by atoms with Crippen molar-refractivity contribution in [3.8, 4) is 0 Å². The number of carbonyl (C=O) groups is 3. The Balaban J connectivity index is 1.92. The molecule has 1 aromatic heterocycles. The smallest absolute Gasteiger partial charge is 0.255 e. The van der Waals surface area contributed by atoms with Gasteiger partial charge in [0.2, 0.25) is 5.78 Å². The van der Waals surface area contributed by atoms with E-state index in [-0.39, 0.29) is 29.9 Å². The molecule has 1 fully saturated rings. The Kier molecular flexibility index (Phi) is 2.99. The van der Waals surface area contributed by atoms with Crippen molar-refractivity contribution >= 4 is 23.2 Å². The molecule has 1 saturated carbocycles. The normalized spacial score (nSPS) is 31.6. The summed E-state index contributed by atoms with van der Waals surface area (Å²) in [6.07, 6.45) is 1.67. The van der Waals surface area contributed by atoms with Crippen LogP contribution in [0.5, 0.6) is 0 Å². The Hall–Kier alpha value is -2.94. The number of primary amides is 1. The number of aliphatic hydroxyl groups is 3. The van der Waals surface area contributed by atoms with Crippen molar-refractivity contribution in [3.05, 3.63) is 34.6 Å². The van der Waals surface area contributed by atoms with Crippen LogP contribution in [-0.4, -0.2) is 48.4 Å². The van der Waals surface area contributed by atoms with Crippen LogP contribution >= 0.6 is 0 Å². The highest BCUT2D eigenvalue weighted by Crippen LogP contribution is 2.50. The van der Waals surface area contributed by atoms with Gasteiger partial charge < -0.3 is 26.0 Å². The summed E-state index contributed by atoms with van der Waals surface area (Å²) in [7, 11) is 0. The monoisotopic (exact) mass is 345 g/mol. The van der Waals surface area contributed by atoms with Crippen LogP contribution in [0.3, 0.4) is 0 Å². The molecule has 9 nitrogen and oxygen atoms in total. The fourth-order valence-electron chi connectivity index (χ4n) is 4.18. The first-order valence-corrected chi connectivity index (χ1v) is 7.76. The SMILES string of the molecule is NC(=O)C1=C(O)[C@@]2(O)C(=O)C3=C(O)c4nc[nH]c4C[C@H]3C[C@H]2CC1=O. The zero-order valence-electron chi connectivity index (χ0n) is 12.9. The summed E-state index contributed by atoms with van der Waals surface area (Å²) in [5, 5.41) is 31.7. The molecule has 25 heavy (non-hydrogen) atoms. The van der Waals surface area contributed by atoms with Crippen molar-refractivity contribution in [3.63, 3.8) is 0 Å². The average Bonchev–Trinajstić information content (AvgIpc) is 2.99. The second-order valence-electron chi connectivity index (χ2n) is 6.64. The molecule has 0 saturated heterocycles. The van der Waals surface area contributed by atoms with E-state index in [2.05, 4.69) is 9.97 Å². The molecule has 0 radical (unpaired) electrons. The maximum absolute atomic E-state index is 13.0. The van der Waals surface area contributed by atoms with Crippen molar-refractivity contribution in [1.29, 1.82) is 0 Å². The van der Waals surface area contributed by atoms with Gasteiger partial charge in [-0.15, -0.1) is 0 Å². The number of amides is 1. The van der Waals surface area contributed by atoms with Crippen LogP contribution in [0.4, 0.5) is 0 Å². The van der Waals surface area contributed by atoms with E-state index in [4.69, 9.17) is 5.73 Å². The summed E-state index contributed by atoms with van der Waals surface area (Å²) in [5.41, 5.74) is 2.71. The van der Waals surface area contributed by atoms with Gasteiger partial charge in [-0.2, -0.15) is 0 Å². The third-order valence-corrected chi connectivity index (χ3v) is 5.36. The first-order valence-electron chi connectivity index (χ1n) is 7.76. The minimum atomic E-state index is -2.45. The van der Waals surface area contributed by atoms with Gasteiger partial charge >= 0.3 is 0 Å². The van der Waals surface area contributed by atoms with E-state index >= 15 is 0 Å². The average molecular weight is 345 g/mol. The lowest BCUT2D eigenvalue weighted by atomic mass is 9.60. The number of rotatable bonds is 1. The molecule has 4 rings (SSSR count). The number of nitrogens with two attached hydrogens (primary N) is 1. The van der Waals surface area contributed by atoms with Crippen LogP contribution in [0.25, 0.3) is 5.76 Å². The summed E-state index contributed by atoms with van der Waals surface area (Å²) in [6, 6.07) is 0. The standard InChI is InChI=1S/C16H15N3O6/c17-15(24)10-8(20)3-6-1-5-2-7-11(19-4-18-7)12(21)9(5)13(22)16(6,25)14(10)23/h4-6,21,23,25H,1-3H2,(H2,17,24)(H,18,19)/t5-,6+,16+/m1/s1. The molecule has 1 amide bonds. The van der Waals surface area contributed by atoms with Crippen molar-refractivity contribution in [2.24, 2.45) is 17.6 Å². The summed E-state index contributed by atoms with van der Waals surface area (Å²) in [4.78, 5) is 43.4. The third-order valence-electron chi connectivity index (χ3n) is 5.36. The highest BCUT2D eigenvalue weighted by atomic mass is 16.3.